The molecule has 0 saturated carbocycles. The van der Waals surface area contributed by atoms with Crippen LogP contribution in [0.4, 0.5) is 0 Å². The van der Waals surface area contributed by atoms with Crippen molar-refractivity contribution in [2.24, 2.45) is 0 Å². The summed E-state index contributed by atoms with van der Waals surface area (Å²) in [6.45, 7) is 1.84. The van der Waals surface area contributed by atoms with Gasteiger partial charge in [-0.15, -0.1) is 0 Å². The van der Waals surface area contributed by atoms with Gasteiger partial charge in [0.05, 0.1) is 19.3 Å². The number of ketones is 1. The fraction of sp³-hybridized carbons (Fsp3) is 0.333. The molecule has 0 aliphatic carbocycles. The molecule has 1 aliphatic heterocycles. The molecule has 0 N–H and O–H groups in total. The zero-order valence-corrected chi connectivity index (χ0v) is 10.0. The highest BCUT2D eigenvalue weighted by atomic mass is 16.7. The van der Waals surface area contributed by atoms with Gasteiger partial charge < -0.3 is 18.9 Å². The maximum Gasteiger partial charge on any atom is 0.379 e. The zero-order chi connectivity index (χ0) is 13.1. The second kappa shape index (κ2) is 4.95. The van der Waals surface area contributed by atoms with Crippen molar-refractivity contribution in [2.75, 3.05) is 20.5 Å². The molecule has 1 aromatic rings. The van der Waals surface area contributed by atoms with E-state index in [9.17, 15) is 9.59 Å². The third-order valence-corrected chi connectivity index (χ3v) is 2.40. The first-order chi connectivity index (χ1) is 8.67. The van der Waals surface area contributed by atoms with Gasteiger partial charge in [0.2, 0.25) is 6.79 Å². The lowest BCUT2D eigenvalue weighted by Gasteiger charge is -2.08. The molecule has 0 aromatic heterocycles. The lowest BCUT2D eigenvalue weighted by molar-refractivity contribution is -0.137. The minimum Gasteiger partial charge on any atom is -0.496 e. The first-order valence-corrected chi connectivity index (χ1v) is 5.36. The number of esters is 1. The van der Waals surface area contributed by atoms with Crippen LogP contribution in [0, 0.1) is 0 Å². The van der Waals surface area contributed by atoms with Crippen molar-refractivity contribution in [1.29, 1.82) is 0 Å². The minimum absolute atomic E-state index is 0.0789. The van der Waals surface area contributed by atoms with Gasteiger partial charge in [-0.2, -0.15) is 0 Å². The van der Waals surface area contributed by atoms with Gasteiger partial charge in [-0.05, 0) is 13.0 Å². The van der Waals surface area contributed by atoms with E-state index in [1.165, 1.54) is 19.2 Å². The molecule has 18 heavy (non-hydrogen) atoms. The molecule has 6 heteroatoms. The van der Waals surface area contributed by atoms with Gasteiger partial charge in [-0.25, -0.2) is 4.79 Å². The predicted molar refractivity (Wildman–Crippen MR) is 60.1 cm³/mol. The highest BCUT2D eigenvalue weighted by molar-refractivity contribution is 6.41. The van der Waals surface area contributed by atoms with Crippen LogP contribution in [0.25, 0.3) is 0 Å². The summed E-state index contributed by atoms with van der Waals surface area (Å²) in [4.78, 5) is 23.3. The standard InChI is InChI=1S/C12H12O6/c1-3-16-12(14)11(13)7-4-9-10(18-6-17-9)5-8(7)15-2/h4-5H,3,6H2,1-2H3. The lowest BCUT2D eigenvalue weighted by Crippen LogP contribution is -2.18. The number of hydrogen-bond acceptors (Lipinski definition) is 6. The van der Waals surface area contributed by atoms with Crippen molar-refractivity contribution in [3.8, 4) is 17.2 Å². The van der Waals surface area contributed by atoms with E-state index in [0.717, 1.165) is 0 Å². The third-order valence-electron chi connectivity index (χ3n) is 2.40. The molecular formula is C12H12O6. The van der Waals surface area contributed by atoms with Gasteiger partial charge in [-0.1, -0.05) is 0 Å². The second-order valence-electron chi connectivity index (χ2n) is 3.46. The largest absolute Gasteiger partial charge is 0.496 e. The van der Waals surface area contributed by atoms with Crippen LogP contribution in [-0.4, -0.2) is 32.3 Å². The van der Waals surface area contributed by atoms with Gasteiger partial charge in [0.1, 0.15) is 5.75 Å². The quantitative estimate of drug-likeness (QED) is 0.455. The Morgan fingerprint density at radius 2 is 1.94 bits per heavy atom. The van der Waals surface area contributed by atoms with E-state index in [-0.39, 0.29) is 24.7 Å². The molecule has 0 bridgehead atoms. The Hall–Kier alpha value is -2.24. The Balaban J connectivity index is 2.37. The summed E-state index contributed by atoms with van der Waals surface area (Å²) in [5, 5.41) is 0. The number of methoxy groups -OCH3 is 1. The molecule has 0 amide bonds. The topological polar surface area (TPSA) is 71.1 Å². The zero-order valence-electron chi connectivity index (χ0n) is 10.0. The molecule has 0 fully saturated rings. The van der Waals surface area contributed by atoms with Crippen LogP contribution in [-0.2, 0) is 9.53 Å². The molecule has 1 aliphatic rings. The monoisotopic (exact) mass is 252 g/mol. The molecule has 1 aromatic carbocycles. The maximum atomic E-state index is 11.9. The fourth-order valence-electron chi connectivity index (χ4n) is 1.58. The molecule has 6 nitrogen and oxygen atoms in total. The van der Waals surface area contributed by atoms with E-state index in [0.29, 0.717) is 11.5 Å². The van der Waals surface area contributed by atoms with Crippen LogP contribution in [0.15, 0.2) is 12.1 Å². The number of carbonyl (C=O) groups excluding carboxylic acids is 2. The van der Waals surface area contributed by atoms with Crippen LogP contribution in [0.2, 0.25) is 0 Å². The van der Waals surface area contributed by atoms with Gasteiger partial charge in [0.15, 0.2) is 11.5 Å². The summed E-state index contributed by atoms with van der Waals surface area (Å²) in [5.74, 6) is -0.560. The fourth-order valence-corrected chi connectivity index (χ4v) is 1.58. The lowest BCUT2D eigenvalue weighted by atomic mass is 10.1. The van der Waals surface area contributed by atoms with E-state index >= 15 is 0 Å². The summed E-state index contributed by atoms with van der Waals surface area (Å²) in [5.41, 5.74) is 0.0974. The average Bonchev–Trinajstić information content (AvgIpc) is 2.83. The SMILES string of the molecule is CCOC(=O)C(=O)c1cc2c(cc1OC)OCO2. The summed E-state index contributed by atoms with van der Waals surface area (Å²) in [6.07, 6.45) is 0. The Morgan fingerprint density at radius 3 is 2.56 bits per heavy atom. The number of benzene rings is 1. The molecule has 0 spiro atoms. The number of ether oxygens (including phenoxy) is 4. The molecule has 2 rings (SSSR count). The van der Waals surface area contributed by atoms with Crippen molar-refractivity contribution in [3.05, 3.63) is 17.7 Å². The first-order valence-electron chi connectivity index (χ1n) is 5.36. The summed E-state index contributed by atoms with van der Waals surface area (Å²) < 4.78 is 20.0. The molecule has 0 radical (unpaired) electrons. The van der Waals surface area contributed by atoms with E-state index in [4.69, 9.17) is 14.2 Å². The van der Waals surface area contributed by atoms with Crippen LogP contribution in [0.1, 0.15) is 17.3 Å². The molecular weight excluding hydrogens is 240 g/mol. The van der Waals surface area contributed by atoms with Crippen LogP contribution >= 0.6 is 0 Å². The van der Waals surface area contributed by atoms with Gasteiger partial charge in [0, 0.05) is 6.07 Å². The van der Waals surface area contributed by atoms with Crippen LogP contribution in [0.3, 0.4) is 0 Å². The number of fused-ring (bicyclic) bond motifs is 1. The van der Waals surface area contributed by atoms with E-state index < -0.39 is 11.8 Å². The van der Waals surface area contributed by atoms with Gasteiger partial charge >= 0.3 is 5.97 Å². The average molecular weight is 252 g/mol. The Kier molecular flexibility index (Phi) is 3.36. The summed E-state index contributed by atoms with van der Waals surface area (Å²) >= 11 is 0. The van der Waals surface area contributed by atoms with Crippen molar-refractivity contribution in [3.63, 3.8) is 0 Å². The second-order valence-corrected chi connectivity index (χ2v) is 3.46. The smallest absolute Gasteiger partial charge is 0.379 e. The number of carbonyl (C=O) groups is 2. The van der Waals surface area contributed by atoms with Crippen LogP contribution in [0.5, 0.6) is 17.2 Å². The van der Waals surface area contributed by atoms with Gasteiger partial charge in [0.25, 0.3) is 5.78 Å². The predicted octanol–water partition coefficient (Wildman–Crippen LogP) is 1.17. The molecule has 1 heterocycles. The number of rotatable bonds is 4. The van der Waals surface area contributed by atoms with E-state index in [2.05, 4.69) is 4.74 Å². The van der Waals surface area contributed by atoms with Gasteiger partial charge in [-0.3, -0.25) is 4.79 Å². The Labute approximate surface area is 103 Å². The minimum atomic E-state index is -0.922. The highest BCUT2D eigenvalue weighted by Crippen LogP contribution is 2.38. The number of hydrogen-bond donors (Lipinski definition) is 0. The van der Waals surface area contributed by atoms with Crippen molar-refractivity contribution < 1.29 is 28.5 Å². The molecule has 96 valence electrons. The normalized spacial score (nSPS) is 12.1. The van der Waals surface area contributed by atoms with Crippen molar-refractivity contribution in [2.45, 2.75) is 6.92 Å². The van der Waals surface area contributed by atoms with E-state index in [1.807, 2.05) is 0 Å². The first kappa shape index (κ1) is 12.2. The molecule has 0 atom stereocenters. The highest BCUT2D eigenvalue weighted by Gasteiger charge is 2.26. The van der Waals surface area contributed by atoms with E-state index in [1.54, 1.807) is 6.92 Å². The van der Waals surface area contributed by atoms with Crippen molar-refractivity contribution in [1.82, 2.24) is 0 Å². The summed E-state index contributed by atoms with van der Waals surface area (Å²) in [6, 6.07) is 2.93. The summed E-state index contributed by atoms with van der Waals surface area (Å²) in [7, 11) is 1.40. The Bertz CT molecular complexity index is 494. The molecule has 0 saturated heterocycles. The van der Waals surface area contributed by atoms with Crippen molar-refractivity contribution >= 4 is 11.8 Å². The third kappa shape index (κ3) is 2.09. The Morgan fingerprint density at radius 1 is 1.28 bits per heavy atom. The maximum absolute atomic E-state index is 11.9. The van der Waals surface area contributed by atoms with Crippen LogP contribution < -0.4 is 14.2 Å². The molecule has 0 unspecified atom stereocenters. The number of Topliss-reactive ketones (excluding diaryl/α,β-unsaturated/α-hetero) is 1.